The Labute approximate surface area is 117 Å². The van der Waals surface area contributed by atoms with Crippen molar-refractivity contribution in [3.8, 4) is 5.75 Å². The van der Waals surface area contributed by atoms with Crippen LogP contribution in [0.5, 0.6) is 5.75 Å². The topological polar surface area (TPSA) is 86.6 Å². The second-order valence-corrected chi connectivity index (χ2v) is 5.24. The Hall–Kier alpha value is -2.04. The van der Waals surface area contributed by atoms with Gasteiger partial charge in [-0.25, -0.2) is 4.79 Å². The first kappa shape index (κ1) is 14.4. The zero-order chi connectivity index (χ0) is 14.5. The van der Waals surface area contributed by atoms with Crippen LogP contribution in [0.15, 0.2) is 18.2 Å². The number of carboxylic acids is 1. The van der Waals surface area contributed by atoms with Crippen LogP contribution in [0.25, 0.3) is 0 Å². The SMILES string of the molecule is O=C(CCC1CCCC1)Nc1cccc(C(=O)O)c1O. The first-order valence-electron chi connectivity index (χ1n) is 6.93. The molecule has 0 saturated heterocycles. The lowest BCUT2D eigenvalue weighted by Crippen LogP contribution is -2.13. The molecule has 1 aromatic carbocycles. The van der Waals surface area contributed by atoms with Gasteiger partial charge in [0.05, 0.1) is 5.69 Å². The highest BCUT2D eigenvalue weighted by Crippen LogP contribution is 2.30. The number of amides is 1. The zero-order valence-electron chi connectivity index (χ0n) is 11.3. The maximum Gasteiger partial charge on any atom is 0.339 e. The molecule has 1 fully saturated rings. The van der Waals surface area contributed by atoms with Crippen LogP contribution in [0.3, 0.4) is 0 Å². The Kier molecular flexibility index (Phi) is 4.61. The van der Waals surface area contributed by atoms with E-state index >= 15 is 0 Å². The fourth-order valence-electron chi connectivity index (χ4n) is 2.66. The van der Waals surface area contributed by atoms with Gasteiger partial charge in [-0.1, -0.05) is 31.7 Å². The van der Waals surface area contributed by atoms with Crippen molar-refractivity contribution in [3.05, 3.63) is 23.8 Å². The van der Waals surface area contributed by atoms with Crippen LogP contribution in [-0.4, -0.2) is 22.1 Å². The fourth-order valence-corrected chi connectivity index (χ4v) is 2.66. The Morgan fingerprint density at radius 3 is 2.60 bits per heavy atom. The van der Waals surface area contributed by atoms with Gasteiger partial charge >= 0.3 is 5.97 Å². The van der Waals surface area contributed by atoms with E-state index in [1.807, 2.05) is 0 Å². The Balaban J connectivity index is 1.93. The number of anilines is 1. The van der Waals surface area contributed by atoms with E-state index in [1.165, 1.54) is 43.9 Å². The van der Waals surface area contributed by atoms with Crippen LogP contribution in [0.2, 0.25) is 0 Å². The number of hydrogen-bond acceptors (Lipinski definition) is 3. The van der Waals surface area contributed by atoms with Crippen molar-refractivity contribution in [2.24, 2.45) is 5.92 Å². The number of para-hydroxylation sites is 1. The average molecular weight is 277 g/mol. The van der Waals surface area contributed by atoms with Crippen molar-refractivity contribution < 1.29 is 19.8 Å². The quantitative estimate of drug-likeness (QED) is 0.722. The lowest BCUT2D eigenvalue weighted by atomic mass is 10.0. The van der Waals surface area contributed by atoms with E-state index in [9.17, 15) is 14.7 Å². The van der Waals surface area contributed by atoms with Crippen LogP contribution < -0.4 is 5.32 Å². The average Bonchev–Trinajstić information content (AvgIpc) is 2.91. The molecule has 1 saturated carbocycles. The summed E-state index contributed by atoms with van der Waals surface area (Å²) in [5.74, 6) is -1.17. The number of aromatic hydroxyl groups is 1. The molecule has 0 unspecified atom stereocenters. The predicted molar refractivity (Wildman–Crippen MR) is 74.9 cm³/mol. The molecule has 0 atom stereocenters. The summed E-state index contributed by atoms with van der Waals surface area (Å²) in [6.45, 7) is 0. The van der Waals surface area contributed by atoms with Gasteiger partial charge in [0.2, 0.25) is 5.91 Å². The summed E-state index contributed by atoms with van der Waals surface area (Å²) in [6, 6.07) is 4.29. The van der Waals surface area contributed by atoms with E-state index < -0.39 is 11.7 Å². The van der Waals surface area contributed by atoms with Crippen molar-refractivity contribution in [2.45, 2.75) is 38.5 Å². The van der Waals surface area contributed by atoms with Gasteiger partial charge in [-0.05, 0) is 24.5 Å². The predicted octanol–water partition coefficient (Wildman–Crippen LogP) is 3.00. The third kappa shape index (κ3) is 3.50. The van der Waals surface area contributed by atoms with Crippen molar-refractivity contribution in [2.75, 3.05) is 5.32 Å². The first-order valence-corrected chi connectivity index (χ1v) is 6.93. The number of phenols is 1. The highest BCUT2D eigenvalue weighted by molar-refractivity contribution is 5.97. The summed E-state index contributed by atoms with van der Waals surface area (Å²) >= 11 is 0. The van der Waals surface area contributed by atoms with Gasteiger partial charge in [0, 0.05) is 6.42 Å². The van der Waals surface area contributed by atoms with E-state index in [0.717, 1.165) is 6.42 Å². The molecule has 1 aliphatic rings. The van der Waals surface area contributed by atoms with Gasteiger partial charge < -0.3 is 15.5 Å². The third-order valence-corrected chi connectivity index (χ3v) is 3.79. The molecule has 0 bridgehead atoms. The highest BCUT2D eigenvalue weighted by atomic mass is 16.4. The van der Waals surface area contributed by atoms with Gasteiger partial charge in [0.25, 0.3) is 0 Å². The highest BCUT2D eigenvalue weighted by Gasteiger charge is 2.18. The number of hydrogen-bond donors (Lipinski definition) is 3. The molecule has 1 amide bonds. The molecular formula is C15H19NO4. The second-order valence-electron chi connectivity index (χ2n) is 5.24. The Bertz CT molecular complexity index is 507. The number of benzene rings is 1. The summed E-state index contributed by atoms with van der Waals surface area (Å²) in [6.07, 6.45) is 6.12. The minimum Gasteiger partial charge on any atom is -0.505 e. The molecule has 0 radical (unpaired) electrons. The van der Waals surface area contributed by atoms with E-state index in [1.54, 1.807) is 0 Å². The number of nitrogens with one attached hydrogen (secondary N) is 1. The van der Waals surface area contributed by atoms with Gasteiger partial charge in [0.1, 0.15) is 5.56 Å². The van der Waals surface area contributed by atoms with Crippen molar-refractivity contribution in [3.63, 3.8) is 0 Å². The van der Waals surface area contributed by atoms with Crippen LogP contribution in [0.1, 0.15) is 48.9 Å². The van der Waals surface area contributed by atoms with E-state index in [4.69, 9.17) is 5.11 Å². The molecule has 0 aliphatic heterocycles. The standard InChI is InChI=1S/C15H19NO4/c17-13(9-8-10-4-1-2-5-10)16-12-7-3-6-11(14(12)18)15(19)20/h3,6-7,10,18H,1-2,4-5,8-9H2,(H,16,17)(H,19,20). The second kappa shape index (κ2) is 6.41. The molecule has 1 aliphatic carbocycles. The Morgan fingerprint density at radius 1 is 1.25 bits per heavy atom. The third-order valence-electron chi connectivity index (χ3n) is 3.79. The number of rotatable bonds is 5. The van der Waals surface area contributed by atoms with Crippen LogP contribution in [0.4, 0.5) is 5.69 Å². The van der Waals surface area contributed by atoms with Crippen molar-refractivity contribution in [1.29, 1.82) is 0 Å². The molecule has 5 nitrogen and oxygen atoms in total. The number of carbonyl (C=O) groups is 2. The smallest absolute Gasteiger partial charge is 0.339 e. The first-order chi connectivity index (χ1) is 9.58. The molecule has 108 valence electrons. The maximum absolute atomic E-state index is 11.8. The molecule has 2 rings (SSSR count). The normalized spacial score (nSPS) is 15.2. The molecule has 5 heteroatoms. The number of aromatic carboxylic acids is 1. The fraction of sp³-hybridized carbons (Fsp3) is 0.467. The largest absolute Gasteiger partial charge is 0.505 e. The lowest BCUT2D eigenvalue weighted by Gasteiger charge is -2.11. The van der Waals surface area contributed by atoms with Crippen molar-refractivity contribution >= 4 is 17.6 Å². The minimum atomic E-state index is -1.22. The van der Waals surface area contributed by atoms with Crippen LogP contribution in [-0.2, 0) is 4.79 Å². The molecule has 20 heavy (non-hydrogen) atoms. The Morgan fingerprint density at radius 2 is 1.95 bits per heavy atom. The van der Waals surface area contributed by atoms with Gasteiger partial charge in [0.15, 0.2) is 5.75 Å². The van der Waals surface area contributed by atoms with E-state index in [0.29, 0.717) is 12.3 Å². The lowest BCUT2D eigenvalue weighted by molar-refractivity contribution is -0.116. The molecule has 1 aromatic rings. The van der Waals surface area contributed by atoms with Gasteiger partial charge in [-0.15, -0.1) is 0 Å². The molecule has 3 N–H and O–H groups in total. The van der Waals surface area contributed by atoms with Crippen molar-refractivity contribution in [1.82, 2.24) is 0 Å². The molecule has 0 spiro atoms. The van der Waals surface area contributed by atoms with Gasteiger partial charge in [-0.2, -0.15) is 0 Å². The minimum absolute atomic E-state index is 0.154. The molecule has 0 aromatic heterocycles. The molecular weight excluding hydrogens is 258 g/mol. The maximum atomic E-state index is 11.8. The number of carboxylic acid groups (broad SMARTS) is 1. The van der Waals surface area contributed by atoms with Crippen LogP contribution in [0, 0.1) is 5.92 Å². The molecule has 0 heterocycles. The van der Waals surface area contributed by atoms with Gasteiger partial charge in [-0.3, -0.25) is 4.79 Å². The monoisotopic (exact) mass is 277 g/mol. The zero-order valence-corrected chi connectivity index (χ0v) is 11.3. The number of carbonyl (C=O) groups excluding carboxylic acids is 1. The summed E-state index contributed by atoms with van der Waals surface area (Å²) in [4.78, 5) is 22.7. The summed E-state index contributed by atoms with van der Waals surface area (Å²) < 4.78 is 0. The summed E-state index contributed by atoms with van der Waals surface area (Å²) in [5.41, 5.74) is -0.0556. The summed E-state index contributed by atoms with van der Waals surface area (Å²) in [5, 5.41) is 21.3. The van der Waals surface area contributed by atoms with E-state index in [2.05, 4.69) is 5.32 Å². The van der Waals surface area contributed by atoms with Crippen LogP contribution >= 0.6 is 0 Å². The van der Waals surface area contributed by atoms with E-state index in [-0.39, 0.29) is 17.2 Å². The summed E-state index contributed by atoms with van der Waals surface area (Å²) in [7, 11) is 0.